The average molecular weight is 343 g/mol. The van der Waals surface area contributed by atoms with E-state index in [4.69, 9.17) is 4.42 Å². The van der Waals surface area contributed by atoms with Crippen LogP contribution in [0.3, 0.4) is 0 Å². The van der Waals surface area contributed by atoms with E-state index in [2.05, 4.69) is 20.2 Å². The van der Waals surface area contributed by atoms with Gasteiger partial charge in [0.1, 0.15) is 11.2 Å². The fourth-order valence-electron chi connectivity index (χ4n) is 3.30. The Labute approximate surface area is 144 Å². The maximum atomic E-state index is 12.9. The van der Waals surface area contributed by atoms with Gasteiger partial charge in [0.15, 0.2) is 0 Å². The van der Waals surface area contributed by atoms with Gasteiger partial charge in [0.05, 0.1) is 12.7 Å². The van der Waals surface area contributed by atoms with E-state index in [0.29, 0.717) is 30.4 Å². The van der Waals surface area contributed by atoms with Crippen molar-refractivity contribution in [2.24, 2.45) is 7.05 Å². The van der Waals surface area contributed by atoms with Crippen LogP contribution in [0, 0.1) is 6.92 Å². The number of carbonyl (C=O) groups is 1. The highest BCUT2D eigenvalue weighted by atomic mass is 16.4. The zero-order chi connectivity index (χ0) is 17.4. The molecule has 0 N–H and O–H groups in total. The van der Waals surface area contributed by atoms with Crippen molar-refractivity contribution in [1.29, 1.82) is 0 Å². The number of rotatable bonds is 3. The van der Waals surface area contributed by atoms with Crippen LogP contribution in [-0.4, -0.2) is 66.3 Å². The molecular formula is C16H21N7O2. The molecule has 1 aliphatic heterocycles. The summed E-state index contributed by atoms with van der Waals surface area (Å²) in [5.74, 6) is 1.24. The summed E-state index contributed by atoms with van der Waals surface area (Å²) in [5, 5.41) is 12.2. The van der Waals surface area contributed by atoms with Gasteiger partial charge in [-0.3, -0.25) is 9.69 Å². The Kier molecular flexibility index (Phi) is 4.00. The molecule has 4 heterocycles. The Balaban J connectivity index is 1.45. The molecule has 1 fully saturated rings. The van der Waals surface area contributed by atoms with Crippen LogP contribution in [0.2, 0.25) is 0 Å². The second kappa shape index (κ2) is 6.32. The first-order valence-electron chi connectivity index (χ1n) is 8.41. The number of nitrogens with zero attached hydrogens (tertiary/aromatic N) is 7. The standard InChI is InChI=1S/C16H21N7O2/c1-12-18-19-14(25-12)11-21-4-3-5-22(8-7-21)16(24)13-10-17-23-9-6-20(2)15(13)23/h6,9-10H,3-5,7-8,11H2,1-2H3. The van der Waals surface area contributed by atoms with E-state index in [1.165, 1.54) is 0 Å². The fraction of sp³-hybridized carbons (Fsp3) is 0.500. The molecule has 1 saturated heterocycles. The minimum atomic E-state index is 0.0345. The quantitative estimate of drug-likeness (QED) is 0.696. The average Bonchev–Trinajstić information content (AvgIpc) is 3.23. The lowest BCUT2D eigenvalue weighted by Crippen LogP contribution is -2.35. The molecule has 1 amide bonds. The van der Waals surface area contributed by atoms with E-state index in [1.807, 2.05) is 28.9 Å². The molecule has 25 heavy (non-hydrogen) atoms. The van der Waals surface area contributed by atoms with Gasteiger partial charge in [-0.05, 0) is 6.42 Å². The SMILES string of the molecule is Cc1nnc(CN2CCCN(C(=O)c3cnn4ccn(C)c34)CC2)o1. The Morgan fingerprint density at radius 3 is 2.88 bits per heavy atom. The van der Waals surface area contributed by atoms with Crippen LogP contribution in [0.1, 0.15) is 28.6 Å². The number of imidazole rings is 1. The molecule has 9 nitrogen and oxygen atoms in total. The lowest BCUT2D eigenvalue weighted by molar-refractivity contribution is 0.0762. The number of hydrogen-bond donors (Lipinski definition) is 0. The summed E-state index contributed by atoms with van der Waals surface area (Å²) >= 11 is 0. The van der Waals surface area contributed by atoms with Crippen LogP contribution < -0.4 is 0 Å². The number of amides is 1. The largest absolute Gasteiger partial charge is 0.424 e. The van der Waals surface area contributed by atoms with Crippen LogP contribution >= 0.6 is 0 Å². The summed E-state index contributed by atoms with van der Waals surface area (Å²) in [4.78, 5) is 17.1. The van der Waals surface area contributed by atoms with Crippen molar-refractivity contribution in [2.45, 2.75) is 19.9 Å². The summed E-state index contributed by atoms with van der Waals surface area (Å²) in [7, 11) is 1.92. The molecule has 0 saturated carbocycles. The third-order valence-corrected chi connectivity index (χ3v) is 4.57. The zero-order valence-corrected chi connectivity index (χ0v) is 14.4. The van der Waals surface area contributed by atoms with Gasteiger partial charge in [-0.1, -0.05) is 0 Å². The lowest BCUT2D eigenvalue weighted by atomic mass is 10.2. The van der Waals surface area contributed by atoms with Crippen molar-refractivity contribution >= 4 is 11.6 Å². The summed E-state index contributed by atoms with van der Waals surface area (Å²) in [5.41, 5.74) is 1.47. The predicted octanol–water partition coefficient (Wildman–Crippen LogP) is 0.712. The van der Waals surface area contributed by atoms with Gasteiger partial charge in [-0.25, -0.2) is 4.52 Å². The number of hydrogen-bond acceptors (Lipinski definition) is 6. The minimum absolute atomic E-state index is 0.0345. The Hall–Kier alpha value is -2.68. The number of carbonyl (C=O) groups excluding carboxylic acids is 1. The predicted molar refractivity (Wildman–Crippen MR) is 89.0 cm³/mol. The summed E-state index contributed by atoms with van der Waals surface area (Å²) in [6.07, 6.45) is 6.32. The molecular weight excluding hydrogens is 322 g/mol. The highest BCUT2D eigenvalue weighted by Crippen LogP contribution is 2.16. The smallest absolute Gasteiger partial charge is 0.259 e. The Morgan fingerprint density at radius 2 is 2.08 bits per heavy atom. The molecule has 0 unspecified atom stereocenters. The number of aromatic nitrogens is 5. The zero-order valence-electron chi connectivity index (χ0n) is 14.4. The highest BCUT2D eigenvalue weighted by Gasteiger charge is 2.24. The summed E-state index contributed by atoms with van der Waals surface area (Å²) in [6.45, 7) is 5.51. The van der Waals surface area contributed by atoms with Gasteiger partial charge in [-0.2, -0.15) is 5.10 Å². The third kappa shape index (κ3) is 3.02. The number of aryl methyl sites for hydroxylation is 2. The second-order valence-electron chi connectivity index (χ2n) is 6.37. The van der Waals surface area contributed by atoms with Crippen molar-refractivity contribution in [3.05, 3.63) is 35.9 Å². The van der Waals surface area contributed by atoms with Crippen molar-refractivity contribution in [2.75, 3.05) is 26.2 Å². The van der Waals surface area contributed by atoms with Crippen molar-refractivity contribution in [3.8, 4) is 0 Å². The Morgan fingerprint density at radius 1 is 1.20 bits per heavy atom. The first-order chi connectivity index (χ1) is 12.1. The van der Waals surface area contributed by atoms with E-state index in [0.717, 1.165) is 31.7 Å². The van der Waals surface area contributed by atoms with Crippen molar-refractivity contribution in [3.63, 3.8) is 0 Å². The summed E-state index contributed by atoms with van der Waals surface area (Å²) in [6, 6.07) is 0. The van der Waals surface area contributed by atoms with Gasteiger partial charge < -0.3 is 13.9 Å². The molecule has 3 aromatic heterocycles. The maximum absolute atomic E-state index is 12.9. The van der Waals surface area contributed by atoms with E-state index >= 15 is 0 Å². The third-order valence-electron chi connectivity index (χ3n) is 4.57. The Bertz CT molecular complexity index is 893. The molecule has 0 aliphatic carbocycles. The molecule has 0 atom stereocenters. The molecule has 132 valence electrons. The summed E-state index contributed by atoms with van der Waals surface area (Å²) < 4.78 is 9.10. The first kappa shape index (κ1) is 15.8. The van der Waals surface area contributed by atoms with Crippen molar-refractivity contribution < 1.29 is 9.21 Å². The monoisotopic (exact) mass is 343 g/mol. The van der Waals surface area contributed by atoms with Gasteiger partial charge in [0, 0.05) is 52.5 Å². The van der Waals surface area contributed by atoms with E-state index in [-0.39, 0.29) is 5.91 Å². The number of fused-ring (bicyclic) bond motifs is 1. The van der Waals surface area contributed by atoms with Gasteiger partial charge in [0.25, 0.3) is 5.91 Å². The molecule has 0 aromatic carbocycles. The molecule has 1 aliphatic rings. The molecule has 3 aromatic rings. The van der Waals surface area contributed by atoms with Crippen molar-refractivity contribution in [1.82, 2.24) is 34.2 Å². The van der Waals surface area contributed by atoms with Gasteiger partial charge in [0.2, 0.25) is 11.8 Å². The van der Waals surface area contributed by atoms with Crippen LogP contribution in [-0.2, 0) is 13.6 Å². The van der Waals surface area contributed by atoms with Gasteiger partial charge >= 0.3 is 0 Å². The first-order valence-corrected chi connectivity index (χ1v) is 8.41. The minimum Gasteiger partial charge on any atom is -0.424 e. The van der Waals surface area contributed by atoms with E-state index in [9.17, 15) is 4.79 Å². The molecule has 0 bridgehead atoms. The molecule has 0 spiro atoms. The van der Waals surface area contributed by atoms with Crippen LogP contribution in [0.5, 0.6) is 0 Å². The topological polar surface area (TPSA) is 84.7 Å². The lowest BCUT2D eigenvalue weighted by Gasteiger charge is -2.20. The van der Waals surface area contributed by atoms with Gasteiger partial charge in [-0.15, -0.1) is 10.2 Å². The fourth-order valence-corrected chi connectivity index (χ4v) is 3.30. The normalized spacial score (nSPS) is 16.5. The van der Waals surface area contributed by atoms with Crippen LogP contribution in [0.15, 0.2) is 23.0 Å². The van der Waals surface area contributed by atoms with E-state index < -0.39 is 0 Å². The van der Waals surface area contributed by atoms with Crippen LogP contribution in [0.4, 0.5) is 0 Å². The molecule has 9 heteroatoms. The highest BCUT2D eigenvalue weighted by molar-refractivity contribution is 5.99. The second-order valence-corrected chi connectivity index (χ2v) is 6.37. The van der Waals surface area contributed by atoms with E-state index in [1.54, 1.807) is 17.6 Å². The van der Waals surface area contributed by atoms with Crippen LogP contribution in [0.25, 0.3) is 5.65 Å². The molecule has 4 rings (SSSR count). The maximum Gasteiger partial charge on any atom is 0.259 e. The molecule has 0 radical (unpaired) electrons.